The van der Waals surface area contributed by atoms with Crippen molar-refractivity contribution in [3.05, 3.63) is 30.9 Å². The van der Waals surface area contributed by atoms with E-state index in [4.69, 9.17) is 4.74 Å². The highest BCUT2D eigenvalue weighted by Gasteiger charge is 2.04. The quantitative estimate of drug-likeness (QED) is 0.841. The molecule has 0 unspecified atom stereocenters. The molecule has 2 aromatic heterocycles. The molecule has 2 rings (SSSR count). The molecule has 7 nitrogen and oxygen atoms in total. The van der Waals surface area contributed by atoms with Crippen molar-refractivity contribution in [1.29, 1.82) is 0 Å². The summed E-state index contributed by atoms with van der Waals surface area (Å²) in [6.07, 6.45) is 6.33. The number of aromatic nitrogens is 4. The lowest BCUT2D eigenvalue weighted by Crippen LogP contribution is -2.19. The van der Waals surface area contributed by atoms with Crippen molar-refractivity contribution < 1.29 is 9.53 Å². The maximum absolute atomic E-state index is 11.6. The van der Waals surface area contributed by atoms with Crippen molar-refractivity contribution in [2.75, 3.05) is 11.9 Å². The standard InChI is InChI=1S/C11H13N5O2/c1-2-18-11-12-6-9(7-13-11)15-10(17)8-16-5-3-4-14-16/h3-7H,2,8H2,1H3,(H,15,17). The van der Waals surface area contributed by atoms with Gasteiger partial charge in [-0.1, -0.05) is 0 Å². The molecule has 2 heterocycles. The van der Waals surface area contributed by atoms with Crippen LogP contribution >= 0.6 is 0 Å². The summed E-state index contributed by atoms with van der Waals surface area (Å²) in [5, 5.41) is 6.61. The molecule has 7 heteroatoms. The molecule has 0 atom stereocenters. The van der Waals surface area contributed by atoms with E-state index < -0.39 is 0 Å². The Kier molecular flexibility index (Phi) is 3.85. The molecule has 0 fully saturated rings. The maximum Gasteiger partial charge on any atom is 0.316 e. The maximum atomic E-state index is 11.6. The van der Waals surface area contributed by atoms with Crippen molar-refractivity contribution in [2.45, 2.75) is 13.5 Å². The van der Waals surface area contributed by atoms with Gasteiger partial charge in [0.1, 0.15) is 6.54 Å². The highest BCUT2D eigenvalue weighted by Crippen LogP contribution is 2.07. The van der Waals surface area contributed by atoms with Crippen molar-refractivity contribution in [3.8, 4) is 6.01 Å². The van der Waals surface area contributed by atoms with Gasteiger partial charge in [-0.3, -0.25) is 9.48 Å². The van der Waals surface area contributed by atoms with Crippen molar-refractivity contribution in [3.63, 3.8) is 0 Å². The first-order chi connectivity index (χ1) is 8.78. The molecule has 0 saturated heterocycles. The fourth-order valence-corrected chi connectivity index (χ4v) is 1.33. The summed E-state index contributed by atoms with van der Waals surface area (Å²) in [5.74, 6) is -0.188. The molecule has 0 aliphatic heterocycles. The van der Waals surface area contributed by atoms with E-state index in [9.17, 15) is 4.79 Å². The van der Waals surface area contributed by atoms with Crippen LogP contribution in [0.4, 0.5) is 5.69 Å². The first-order valence-corrected chi connectivity index (χ1v) is 5.50. The molecule has 94 valence electrons. The fourth-order valence-electron chi connectivity index (χ4n) is 1.33. The average Bonchev–Trinajstić information content (AvgIpc) is 2.84. The van der Waals surface area contributed by atoms with E-state index >= 15 is 0 Å². The van der Waals surface area contributed by atoms with Crippen LogP contribution in [0.1, 0.15) is 6.92 Å². The number of hydrogen-bond donors (Lipinski definition) is 1. The first kappa shape index (κ1) is 12.0. The van der Waals surface area contributed by atoms with Gasteiger partial charge in [0.15, 0.2) is 0 Å². The smallest absolute Gasteiger partial charge is 0.316 e. The van der Waals surface area contributed by atoms with Crippen LogP contribution in [0.2, 0.25) is 0 Å². The Morgan fingerprint density at radius 1 is 1.44 bits per heavy atom. The Labute approximate surface area is 104 Å². The lowest BCUT2D eigenvalue weighted by molar-refractivity contribution is -0.116. The number of hydrogen-bond acceptors (Lipinski definition) is 5. The van der Waals surface area contributed by atoms with E-state index in [1.807, 2.05) is 6.92 Å². The number of anilines is 1. The van der Waals surface area contributed by atoms with Gasteiger partial charge < -0.3 is 10.1 Å². The lowest BCUT2D eigenvalue weighted by atomic mass is 10.5. The monoisotopic (exact) mass is 247 g/mol. The molecule has 2 aromatic rings. The normalized spacial score (nSPS) is 10.1. The minimum absolute atomic E-state index is 0.153. The van der Waals surface area contributed by atoms with Crippen LogP contribution in [0.3, 0.4) is 0 Å². The summed E-state index contributed by atoms with van der Waals surface area (Å²) < 4.78 is 6.63. The van der Waals surface area contributed by atoms with E-state index in [1.54, 1.807) is 18.5 Å². The molecular formula is C11H13N5O2. The Hall–Kier alpha value is -2.44. The molecule has 0 saturated carbocycles. The van der Waals surface area contributed by atoms with Gasteiger partial charge in [0.25, 0.3) is 0 Å². The van der Waals surface area contributed by atoms with Gasteiger partial charge in [0.05, 0.1) is 24.7 Å². The van der Waals surface area contributed by atoms with Crippen LogP contribution in [-0.4, -0.2) is 32.3 Å². The zero-order chi connectivity index (χ0) is 12.8. The van der Waals surface area contributed by atoms with Gasteiger partial charge >= 0.3 is 6.01 Å². The predicted octanol–water partition coefficient (Wildman–Crippen LogP) is 0.710. The van der Waals surface area contributed by atoms with E-state index in [0.717, 1.165) is 0 Å². The summed E-state index contributed by atoms with van der Waals surface area (Å²) in [5.41, 5.74) is 0.524. The van der Waals surface area contributed by atoms with Crippen LogP contribution < -0.4 is 10.1 Å². The third-order valence-electron chi connectivity index (χ3n) is 2.05. The summed E-state index contributed by atoms with van der Waals surface area (Å²) in [6.45, 7) is 2.51. The van der Waals surface area contributed by atoms with E-state index in [-0.39, 0.29) is 12.5 Å². The number of carbonyl (C=O) groups excluding carboxylic acids is 1. The van der Waals surface area contributed by atoms with Crippen LogP contribution in [0.25, 0.3) is 0 Å². The second kappa shape index (κ2) is 5.76. The highest BCUT2D eigenvalue weighted by atomic mass is 16.5. The second-order valence-electron chi connectivity index (χ2n) is 3.44. The molecule has 0 aromatic carbocycles. The van der Waals surface area contributed by atoms with E-state index in [2.05, 4.69) is 20.4 Å². The predicted molar refractivity (Wildman–Crippen MR) is 64.1 cm³/mol. The van der Waals surface area contributed by atoms with E-state index in [1.165, 1.54) is 17.1 Å². The fraction of sp³-hybridized carbons (Fsp3) is 0.273. The van der Waals surface area contributed by atoms with Gasteiger partial charge in [-0.25, -0.2) is 9.97 Å². The summed E-state index contributed by atoms with van der Waals surface area (Å²) >= 11 is 0. The van der Waals surface area contributed by atoms with Gasteiger partial charge in [-0.2, -0.15) is 5.10 Å². The van der Waals surface area contributed by atoms with Crippen molar-refractivity contribution in [2.24, 2.45) is 0 Å². The number of nitrogens with zero attached hydrogens (tertiary/aromatic N) is 4. The Bertz CT molecular complexity index is 495. The number of amides is 1. The molecule has 0 radical (unpaired) electrons. The second-order valence-corrected chi connectivity index (χ2v) is 3.44. The van der Waals surface area contributed by atoms with Gasteiger partial charge in [-0.05, 0) is 13.0 Å². The molecule has 1 amide bonds. The number of carbonyl (C=O) groups is 1. The SMILES string of the molecule is CCOc1ncc(NC(=O)Cn2cccn2)cn1. The van der Waals surface area contributed by atoms with Gasteiger partial charge in [0.2, 0.25) is 5.91 Å². The zero-order valence-corrected chi connectivity index (χ0v) is 9.91. The third kappa shape index (κ3) is 3.27. The number of nitrogens with one attached hydrogen (secondary N) is 1. The highest BCUT2D eigenvalue weighted by molar-refractivity contribution is 5.90. The van der Waals surface area contributed by atoms with Crippen LogP contribution in [-0.2, 0) is 11.3 Å². The van der Waals surface area contributed by atoms with Gasteiger partial charge in [0, 0.05) is 12.4 Å². The minimum Gasteiger partial charge on any atom is -0.464 e. The Morgan fingerprint density at radius 2 is 2.22 bits per heavy atom. The molecule has 0 aliphatic rings. The minimum atomic E-state index is -0.188. The Balaban J connectivity index is 1.90. The molecule has 0 aliphatic carbocycles. The molecular weight excluding hydrogens is 234 g/mol. The topological polar surface area (TPSA) is 81.9 Å². The van der Waals surface area contributed by atoms with Crippen LogP contribution in [0.15, 0.2) is 30.9 Å². The van der Waals surface area contributed by atoms with E-state index in [0.29, 0.717) is 18.3 Å². The molecule has 0 bridgehead atoms. The van der Waals surface area contributed by atoms with Gasteiger partial charge in [-0.15, -0.1) is 0 Å². The summed E-state index contributed by atoms with van der Waals surface area (Å²) in [4.78, 5) is 19.5. The number of rotatable bonds is 5. The molecule has 18 heavy (non-hydrogen) atoms. The number of ether oxygens (including phenoxy) is 1. The van der Waals surface area contributed by atoms with Crippen molar-refractivity contribution >= 4 is 11.6 Å². The first-order valence-electron chi connectivity index (χ1n) is 5.50. The largest absolute Gasteiger partial charge is 0.464 e. The van der Waals surface area contributed by atoms with Crippen LogP contribution in [0.5, 0.6) is 6.01 Å². The molecule has 0 spiro atoms. The zero-order valence-electron chi connectivity index (χ0n) is 9.91. The third-order valence-corrected chi connectivity index (χ3v) is 2.05. The van der Waals surface area contributed by atoms with Crippen molar-refractivity contribution in [1.82, 2.24) is 19.7 Å². The lowest BCUT2D eigenvalue weighted by Gasteiger charge is -2.05. The Morgan fingerprint density at radius 3 is 2.83 bits per heavy atom. The van der Waals surface area contributed by atoms with Crippen LogP contribution in [0, 0.1) is 0 Å². The summed E-state index contributed by atoms with van der Waals surface area (Å²) in [6, 6.07) is 2.05. The average molecular weight is 247 g/mol. The molecule has 1 N–H and O–H groups in total. The summed E-state index contributed by atoms with van der Waals surface area (Å²) in [7, 11) is 0.